The van der Waals surface area contributed by atoms with Crippen molar-refractivity contribution in [1.82, 2.24) is 10.6 Å². The third-order valence-corrected chi connectivity index (χ3v) is 7.14. The maximum Gasteiger partial charge on any atom is 0.308 e. The van der Waals surface area contributed by atoms with E-state index in [2.05, 4.69) is 10.6 Å². The minimum atomic E-state index is -0.498. The molecule has 0 radical (unpaired) electrons. The zero-order valence-corrected chi connectivity index (χ0v) is 17.7. The second-order valence-corrected chi connectivity index (χ2v) is 9.72. The van der Waals surface area contributed by atoms with E-state index in [-0.39, 0.29) is 30.3 Å². The summed E-state index contributed by atoms with van der Waals surface area (Å²) < 4.78 is 5.21. The lowest BCUT2D eigenvalue weighted by Crippen LogP contribution is -2.51. The molecule has 0 unspecified atom stereocenters. The average molecular weight is 413 g/mol. The van der Waals surface area contributed by atoms with Gasteiger partial charge in [-0.25, -0.2) is 0 Å². The third kappa shape index (κ3) is 5.02. The Labute approximate surface area is 178 Å². The van der Waals surface area contributed by atoms with Crippen LogP contribution in [-0.4, -0.2) is 30.9 Å². The molecule has 162 valence electrons. The van der Waals surface area contributed by atoms with Crippen molar-refractivity contribution in [2.45, 2.75) is 57.9 Å². The molecule has 0 heterocycles. The molecule has 4 fully saturated rings. The van der Waals surface area contributed by atoms with Crippen molar-refractivity contribution in [2.75, 3.05) is 13.2 Å². The second kappa shape index (κ2) is 8.78. The monoisotopic (exact) mass is 412 g/mol. The quantitative estimate of drug-likeness (QED) is 0.643. The minimum Gasteiger partial charge on any atom is -0.456 e. The van der Waals surface area contributed by atoms with Crippen molar-refractivity contribution >= 4 is 17.8 Å². The average Bonchev–Trinajstić information content (AvgIpc) is 2.70. The third-order valence-electron chi connectivity index (χ3n) is 7.14. The Hall–Kier alpha value is -2.37. The van der Waals surface area contributed by atoms with Crippen molar-refractivity contribution < 1.29 is 19.1 Å². The van der Waals surface area contributed by atoms with E-state index in [1.807, 2.05) is 30.3 Å². The number of hydrogen-bond acceptors (Lipinski definition) is 4. The standard InChI is InChI=1S/C24H32N2O4/c1-16(27)26-21(20-5-3-2-4-6-20)10-23(29)30-14-22(28)25-15-24-11-17-7-18(12-24)9-19(8-17)13-24/h2-6,17-19,21H,7-15H2,1H3,(H,25,28)(H,26,27)/t17?,18?,19?,21-,24?/m1/s1. The Morgan fingerprint density at radius 1 is 1.03 bits per heavy atom. The number of ether oxygens (including phenoxy) is 1. The Kier molecular flexibility index (Phi) is 6.11. The molecule has 1 atom stereocenters. The Balaban J connectivity index is 1.23. The van der Waals surface area contributed by atoms with Crippen LogP contribution in [0.5, 0.6) is 0 Å². The topological polar surface area (TPSA) is 84.5 Å². The van der Waals surface area contributed by atoms with Gasteiger partial charge in [-0.3, -0.25) is 14.4 Å². The van der Waals surface area contributed by atoms with Gasteiger partial charge in [0.15, 0.2) is 6.61 Å². The van der Waals surface area contributed by atoms with E-state index >= 15 is 0 Å². The summed E-state index contributed by atoms with van der Waals surface area (Å²) in [5.74, 6) is 1.57. The van der Waals surface area contributed by atoms with Crippen LogP contribution < -0.4 is 10.6 Å². The summed E-state index contributed by atoms with van der Waals surface area (Å²) in [5, 5.41) is 5.80. The molecule has 0 spiro atoms. The molecule has 0 saturated heterocycles. The largest absolute Gasteiger partial charge is 0.456 e. The Morgan fingerprint density at radius 2 is 1.63 bits per heavy atom. The van der Waals surface area contributed by atoms with Gasteiger partial charge in [-0.1, -0.05) is 30.3 Å². The zero-order valence-electron chi connectivity index (χ0n) is 17.7. The first-order valence-corrected chi connectivity index (χ1v) is 11.2. The predicted octanol–water partition coefficient (Wildman–Crippen LogP) is 3.13. The normalized spacial score (nSPS) is 29.8. The number of rotatable bonds is 8. The van der Waals surface area contributed by atoms with E-state index in [0.29, 0.717) is 6.54 Å². The van der Waals surface area contributed by atoms with E-state index in [1.54, 1.807) is 0 Å². The van der Waals surface area contributed by atoms with Gasteiger partial charge in [-0.05, 0) is 67.3 Å². The molecule has 6 heteroatoms. The van der Waals surface area contributed by atoms with E-state index in [4.69, 9.17) is 4.74 Å². The maximum absolute atomic E-state index is 12.3. The summed E-state index contributed by atoms with van der Waals surface area (Å²) in [6.45, 7) is 1.84. The summed E-state index contributed by atoms with van der Waals surface area (Å²) in [6, 6.07) is 8.82. The number of benzene rings is 1. The van der Waals surface area contributed by atoms with Crippen molar-refractivity contribution in [2.24, 2.45) is 23.2 Å². The smallest absolute Gasteiger partial charge is 0.308 e. The van der Waals surface area contributed by atoms with Crippen LogP contribution in [0.2, 0.25) is 0 Å². The number of carbonyl (C=O) groups is 3. The Morgan fingerprint density at radius 3 is 2.20 bits per heavy atom. The fourth-order valence-electron chi connectivity index (χ4n) is 6.40. The van der Waals surface area contributed by atoms with Crippen LogP contribution in [0.4, 0.5) is 0 Å². The number of amides is 2. The first kappa shape index (κ1) is 20.9. The molecule has 4 aliphatic rings. The summed E-state index contributed by atoms with van der Waals surface area (Å²) in [7, 11) is 0. The first-order chi connectivity index (χ1) is 14.4. The molecule has 5 rings (SSSR count). The van der Waals surface area contributed by atoms with Crippen LogP contribution in [0, 0.1) is 23.2 Å². The highest BCUT2D eigenvalue weighted by Crippen LogP contribution is 2.59. The van der Waals surface area contributed by atoms with Gasteiger partial charge >= 0.3 is 5.97 Å². The van der Waals surface area contributed by atoms with Gasteiger partial charge in [0.2, 0.25) is 5.91 Å². The van der Waals surface area contributed by atoms with Gasteiger partial charge in [0.1, 0.15) is 0 Å². The summed E-state index contributed by atoms with van der Waals surface area (Å²) in [4.78, 5) is 36.1. The highest BCUT2D eigenvalue weighted by molar-refractivity contribution is 5.81. The van der Waals surface area contributed by atoms with Gasteiger partial charge in [-0.15, -0.1) is 0 Å². The molecular formula is C24H32N2O4. The van der Waals surface area contributed by atoms with Gasteiger partial charge < -0.3 is 15.4 Å². The summed E-state index contributed by atoms with van der Waals surface area (Å²) >= 11 is 0. The molecule has 4 bridgehead atoms. The Bertz CT molecular complexity index is 756. The first-order valence-electron chi connectivity index (χ1n) is 11.2. The molecule has 0 aliphatic heterocycles. The molecule has 2 N–H and O–H groups in total. The van der Waals surface area contributed by atoms with E-state index in [9.17, 15) is 14.4 Å². The van der Waals surface area contributed by atoms with Gasteiger partial charge in [-0.2, -0.15) is 0 Å². The highest BCUT2D eigenvalue weighted by atomic mass is 16.5. The van der Waals surface area contributed by atoms with Crippen molar-refractivity contribution in [3.63, 3.8) is 0 Å². The number of esters is 1. The van der Waals surface area contributed by atoms with E-state index in [1.165, 1.54) is 45.4 Å². The van der Waals surface area contributed by atoms with E-state index in [0.717, 1.165) is 23.3 Å². The van der Waals surface area contributed by atoms with Gasteiger partial charge in [0, 0.05) is 13.5 Å². The van der Waals surface area contributed by atoms with Crippen LogP contribution in [0.1, 0.15) is 63.5 Å². The number of nitrogens with one attached hydrogen (secondary N) is 2. The van der Waals surface area contributed by atoms with Crippen LogP contribution >= 0.6 is 0 Å². The molecule has 1 aromatic carbocycles. The van der Waals surface area contributed by atoms with Gasteiger partial charge in [0.05, 0.1) is 12.5 Å². The number of hydrogen-bond donors (Lipinski definition) is 2. The highest BCUT2D eigenvalue weighted by Gasteiger charge is 2.50. The van der Waals surface area contributed by atoms with Crippen LogP contribution in [0.3, 0.4) is 0 Å². The molecule has 30 heavy (non-hydrogen) atoms. The lowest BCUT2D eigenvalue weighted by molar-refractivity contribution is -0.149. The van der Waals surface area contributed by atoms with Gasteiger partial charge in [0.25, 0.3) is 5.91 Å². The molecule has 2 amide bonds. The zero-order chi connectivity index (χ0) is 21.1. The fraction of sp³-hybridized carbons (Fsp3) is 0.625. The molecule has 6 nitrogen and oxygen atoms in total. The van der Waals surface area contributed by atoms with Crippen LogP contribution in [-0.2, 0) is 19.1 Å². The lowest BCUT2D eigenvalue weighted by atomic mass is 9.49. The van der Waals surface area contributed by atoms with E-state index < -0.39 is 12.0 Å². The van der Waals surface area contributed by atoms with Crippen molar-refractivity contribution in [1.29, 1.82) is 0 Å². The summed E-state index contributed by atoms with van der Waals surface area (Å²) in [5.41, 5.74) is 1.09. The number of carbonyl (C=O) groups excluding carboxylic acids is 3. The van der Waals surface area contributed by atoms with Crippen molar-refractivity contribution in [3.8, 4) is 0 Å². The minimum absolute atomic E-state index is 0.00808. The second-order valence-electron chi connectivity index (χ2n) is 9.72. The fourth-order valence-corrected chi connectivity index (χ4v) is 6.40. The summed E-state index contributed by atoms with van der Waals surface area (Å²) in [6.07, 6.45) is 7.81. The molecule has 1 aromatic rings. The van der Waals surface area contributed by atoms with Crippen molar-refractivity contribution in [3.05, 3.63) is 35.9 Å². The molecule has 4 saturated carbocycles. The van der Waals surface area contributed by atoms with Crippen LogP contribution in [0.15, 0.2) is 30.3 Å². The van der Waals surface area contributed by atoms with Crippen LogP contribution in [0.25, 0.3) is 0 Å². The molecule has 4 aliphatic carbocycles. The lowest BCUT2D eigenvalue weighted by Gasteiger charge is -2.56. The molecule has 0 aromatic heterocycles. The molecular weight excluding hydrogens is 380 g/mol. The predicted molar refractivity (Wildman–Crippen MR) is 112 cm³/mol. The SMILES string of the molecule is CC(=O)N[C@H](CC(=O)OCC(=O)NCC12CC3CC(CC(C3)C1)C2)c1ccccc1. The maximum atomic E-state index is 12.3.